The summed E-state index contributed by atoms with van der Waals surface area (Å²) < 4.78 is 13.9. The highest BCUT2D eigenvalue weighted by Crippen LogP contribution is 2.26. The third-order valence-electron chi connectivity index (χ3n) is 2.87. The van der Waals surface area contributed by atoms with Gasteiger partial charge in [-0.25, -0.2) is 9.37 Å². The number of aromatic nitrogens is 2. The number of hydrogen-bond donors (Lipinski definition) is 2. The summed E-state index contributed by atoms with van der Waals surface area (Å²) in [5, 5.41) is 3.20. The largest absolute Gasteiger partial charge is 0.383 e. The van der Waals surface area contributed by atoms with Gasteiger partial charge in [-0.3, -0.25) is 4.98 Å². The van der Waals surface area contributed by atoms with Gasteiger partial charge >= 0.3 is 0 Å². The van der Waals surface area contributed by atoms with Crippen LogP contribution in [0.3, 0.4) is 0 Å². The molecular weight excluding hydrogens is 243 g/mol. The Balaban J connectivity index is 2.51. The molecule has 0 spiro atoms. The van der Waals surface area contributed by atoms with Crippen LogP contribution < -0.4 is 11.1 Å². The average molecular weight is 260 g/mol. The first-order chi connectivity index (χ1) is 9.13. The molecule has 2 heterocycles. The van der Waals surface area contributed by atoms with E-state index in [0.29, 0.717) is 18.1 Å². The van der Waals surface area contributed by atoms with E-state index in [9.17, 15) is 4.39 Å². The third kappa shape index (κ3) is 2.88. The number of pyridine rings is 2. The zero-order chi connectivity index (χ0) is 13.8. The fourth-order valence-electron chi connectivity index (χ4n) is 2.00. The number of rotatable bonds is 4. The topological polar surface area (TPSA) is 63.8 Å². The van der Waals surface area contributed by atoms with E-state index in [1.54, 1.807) is 18.5 Å². The van der Waals surface area contributed by atoms with E-state index in [1.807, 2.05) is 19.9 Å². The van der Waals surface area contributed by atoms with Gasteiger partial charge in [0.2, 0.25) is 0 Å². The molecule has 1 unspecified atom stereocenters. The Morgan fingerprint density at radius 2 is 2.21 bits per heavy atom. The maximum Gasteiger partial charge on any atom is 0.146 e. The SMILES string of the molecule is CCNC(c1cc(C)cnc1N)c1ncccc1F. The predicted molar refractivity (Wildman–Crippen MR) is 73.1 cm³/mol. The number of aryl methyl sites for hydroxylation is 1. The molecule has 2 aromatic rings. The standard InChI is InChI=1S/C14H17FN4/c1-3-17-12(13-11(15)5-4-6-18-13)10-7-9(2)8-19-14(10)16/h4-8,12,17H,3H2,1-2H3,(H2,16,19). The molecule has 0 aromatic carbocycles. The molecule has 0 aliphatic carbocycles. The smallest absolute Gasteiger partial charge is 0.146 e. The van der Waals surface area contributed by atoms with Crippen molar-refractivity contribution in [2.45, 2.75) is 19.9 Å². The molecule has 5 heteroatoms. The van der Waals surface area contributed by atoms with E-state index in [-0.39, 0.29) is 5.82 Å². The zero-order valence-corrected chi connectivity index (χ0v) is 11.0. The second kappa shape index (κ2) is 5.75. The number of nitrogens with two attached hydrogens (primary N) is 1. The fourth-order valence-corrected chi connectivity index (χ4v) is 2.00. The molecule has 3 N–H and O–H groups in total. The molecule has 2 rings (SSSR count). The van der Waals surface area contributed by atoms with Crippen molar-refractivity contribution >= 4 is 5.82 Å². The van der Waals surface area contributed by atoms with Gasteiger partial charge in [-0.2, -0.15) is 0 Å². The summed E-state index contributed by atoms with van der Waals surface area (Å²) in [6.07, 6.45) is 3.26. The lowest BCUT2D eigenvalue weighted by Crippen LogP contribution is -2.25. The molecule has 4 nitrogen and oxygen atoms in total. The van der Waals surface area contributed by atoms with Gasteiger partial charge in [-0.1, -0.05) is 6.92 Å². The van der Waals surface area contributed by atoms with Crippen LogP contribution in [-0.2, 0) is 0 Å². The van der Waals surface area contributed by atoms with Crippen molar-refractivity contribution in [3.05, 3.63) is 53.2 Å². The minimum absolute atomic E-state index is 0.337. The normalized spacial score (nSPS) is 12.4. The van der Waals surface area contributed by atoms with Gasteiger partial charge in [0.15, 0.2) is 0 Å². The van der Waals surface area contributed by atoms with Crippen molar-refractivity contribution in [1.29, 1.82) is 0 Å². The quantitative estimate of drug-likeness (QED) is 0.884. The number of nitrogens with zero attached hydrogens (tertiary/aromatic N) is 2. The molecule has 2 aromatic heterocycles. The van der Waals surface area contributed by atoms with E-state index in [4.69, 9.17) is 5.73 Å². The molecule has 0 saturated heterocycles. The molecule has 0 saturated carbocycles. The summed E-state index contributed by atoms with van der Waals surface area (Å²) in [5.41, 5.74) is 7.97. The van der Waals surface area contributed by atoms with Crippen molar-refractivity contribution in [1.82, 2.24) is 15.3 Å². The van der Waals surface area contributed by atoms with Crippen molar-refractivity contribution in [2.24, 2.45) is 0 Å². The molecular formula is C14H17FN4. The van der Waals surface area contributed by atoms with Gasteiger partial charge in [0.25, 0.3) is 0 Å². The Labute approximate surface area is 111 Å². The van der Waals surface area contributed by atoms with Crippen LogP contribution in [0.5, 0.6) is 0 Å². The lowest BCUT2D eigenvalue weighted by atomic mass is 10.0. The van der Waals surface area contributed by atoms with Gasteiger partial charge in [0, 0.05) is 18.0 Å². The average Bonchev–Trinajstić information content (AvgIpc) is 2.40. The number of nitrogen functional groups attached to an aromatic ring is 1. The summed E-state index contributed by atoms with van der Waals surface area (Å²) in [7, 11) is 0. The van der Waals surface area contributed by atoms with Gasteiger partial charge in [-0.05, 0) is 37.2 Å². The molecule has 0 radical (unpaired) electrons. The predicted octanol–water partition coefficient (Wildman–Crippen LogP) is 2.21. The van der Waals surface area contributed by atoms with Crippen LogP contribution >= 0.6 is 0 Å². The fraction of sp³-hybridized carbons (Fsp3) is 0.286. The van der Waals surface area contributed by atoms with Crippen LogP contribution in [0.25, 0.3) is 0 Å². The molecule has 0 amide bonds. The maximum absolute atomic E-state index is 13.9. The van der Waals surface area contributed by atoms with E-state index in [0.717, 1.165) is 11.1 Å². The number of anilines is 1. The molecule has 100 valence electrons. The number of nitrogens with one attached hydrogen (secondary N) is 1. The van der Waals surface area contributed by atoms with Crippen molar-refractivity contribution < 1.29 is 4.39 Å². The third-order valence-corrected chi connectivity index (χ3v) is 2.87. The summed E-state index contributed by atoms with van der Waals surface area (Å²) in [6.45, 7) is 4.55. The molecule has 1 atom stereocenters. The first-order valence-corrected chi connectivity index (χ1v) is 6.19. The Morgan fingerprint density at radius 3 is 2.89 bits per heavy atom. The van der Waals surface area contributed by atoms with Crippen LogP contribution in [0.4, 0.5) is 10.2 Å². The Hall–Kier alpha value is -2.01. The highest BCUT2D eigenvalue weighted by atomic mass is 19.1. The molecule has 0 aliphatic heterocycles. The van der Waals surface area contributed by atoms with Gasteiger partial charge in [0.1, 0.15) is 11.6 Å². The van der Waals surface area contributed by atoms with Crippen LogP contribution in [-0.4, -0.2) is 16.5 Å². The van der Waals surface area contributed by atoms with Crippen LogP contribution in [0.2, 0.25) is 0 Å². The van der Waals surface area contributed by atoms with E-state index in [1.165, 1.54) is 6.07 Å². The number of halogens is 1. The number of hydrogen-bond acceptors (Lipinski definition) is 4. The van der Waals surface area contributed by atoms with Crippen LogP contribution in [0.15, 0.2) is 30.6 Å². The first-order valence-electron chi connectivity index (χ1n) is 6.19. The van der Waals surface area contributed by atoms with E-state index >= 15 is 0 Å². The van der Waals surface area contributed by atoms with Crippen LogP contribution in [0, 0.1) is 12.7 Å². The van der Waals surface area contributed by atoms with Gasteiger partial charge in [0.05, 0.1) is 11.7 Å². The maximum atomic E-state index is 13.9. The monoisotopic (exact) mass is 260 g/mol. The second-order valence-corrected chi connectivity index (χ2v) is 4.35. The Bertz CT molecular complexity index is 571. The first kappa shape index (κ1) is 13.4. The highest BCUT2D eigenvalue weighted by molar-refractivity contribution is 5.46. The zero-order valence-electron chi connectivity index (χ0n) is 11.0. The summed E-state index contributed by atoms with van der Waals surface area (Å²) >= 11 is 0. The van der Waals surface area contributed by atoms with Crippen molar-refractivity contribution in [3.63, 3.8) is 0 Å². The summed E-state index contributed by atoms with van der Waals surface area (Å²) in [4.78, 5) is 8.25. The van der Waals surface area contributed by atoms with E-state index < -0.39 is 6.04 Å². The van der Waals surface area contributed by atoms with E-state index in [2.05, 4.69) is 15.3 Å². The summed E-state index contributed by atoms with van der Waals surface area (Å²) in [6, 6.07) is 4.48. The molecule has 0 aliphatic rings. The highest BCUT2D eigenvalue weighted by Gasteiger charge is 2.21. The van der Waals surface area contributed by atoms with Gasteiger partial charge in [-0.15, -0.1) is 0 Å². The van der Waals surface area contributed by atoms with Crippen molar-refractivity contribution in [3.8, 4) is 0 Å². The Morgan fingerprint density at radius 1 is 1.42 bits per heavy atom. The van der Waals surface area contributed by atoms with Crippen molar-refractivity contribution in [2.75, 3.05) is 12.3 Å². The Kier molecular flexibility index (Phi) is 4.06. The van der Waals surface area contributed by atoms with Crippen LogP contribution in [0.1, 0.15) is 29.8 Å². The minimum atomic E-state index is -0.390. The molecule has 0 fully saturated rings. The lowest BCUT2D eigenvalue weighted by molar-refractivity contribution is 0.542. The lowest BCUT2D eigenvalue weighted by Gasteiger charge is -2.19. The molecule has 0 bridgehead atoms. The molecule has 19 heavy (non-hydrogen) atoms. The minimum Gasteiger partial charge on any atom is -0.383 e. The van der Waals surface area contributed by atoms with Gasteiger partial charge < -0.3 is 11.1 Å². The summed E-state index contributed by atoms with van der Waals surface area (Å²) in [5.74, 6) is 0.0379. The second-order valence-electron chi connectivity index (χ2n) is 4.35.